The number of pyridine rings is 1. The van der Waals surface area contributed by atoms with Gasteiger partial charge in [0.1, 0.15) is 11.3 Å². The van der Waals surface area contributed by atoms with Crippen molar-refractivity contribution in [2.75, 3.05) is 6.54 Å². The lowest BCUT2D eigenvalue weighted by Gasteiger charge is -2.05. The number of aromatic nitrogens is 3. The van der Waals surface area contributed by atoms with Crippen LogP contribution in [0.1, 0.15) is 19.7 Å². The van der Waals surface area contributed by atoms with E-state index in [1.165, 1.54) is 5.52 Å². The predicted octanol–water partition coefficient (Wildman–Crippen LogP) is 1.56. The van der Waals surface area contributed by atoms with Crippen LogP contribution >= 0.6 is 0 Å². The summed E-state index contributed by atoms with van der Waals surface area (Å²) in [6.07, 6.45) is 3.63. The molecule has 4 nitrogen and oxygen atoms in total. The van der Waals surface area contributed by atoms with Gasteiger partial charge in [-0.15, -0.1) is 0 Å². The van der Waals surface area contributed by atoms with E-state index in [9.17, 15) is 0 Å². The fourth-order valence-electron chi connectivity index (χ4n) is 1.76. The molecule has 80 valence electrons. The van der Waals surface area contributed by atoms with E-state index in [0.717, 1.165) is 31.0 Å². The van der Waals surface area contributed by atoms with Crippen LogP contribution in [0.25, 0.3) is 11.0 Å². The molecule has 0 fully saturated rings. The van der Waals surface area contributed by atoms with Gasteiger partial charge in [0, 0.05) is 12.7 Å². The van der Waals surface area contributed by atoms with Gasteiger partial charge in [-0.2, -0.15) is 0 Å². The van der Waals surface area contributed by atoms with Crippen LogP contribution in [-0.4, -0.2) is 21.1 Å². The first-order valence-corrected chi connectivity index (χ1v) is 5.36. The molecule has 0 aromatic carbocycles. The van der Waals surface area contributed by atoms with Crippen LogP contribution < -0.4 is 5.32 Å². The molecule has 0 saturated carbocycles. The van der Waals surface area contributed by atoms with Gasteiger partial charge in [0.2, 0.25) is 0 Å². The molecule has 2 rings (SSSR count). The smallest absolute Gasteiger partial charge is 0.123 e. The number of rotatable bonds is 4. The van der Waals surface area contributed by atoms with E-state index in [0.29, 0.717) is 0 Å². The summed E-state index contributed by atoms with van der Waals surface area (Å²) in [6, 6.07) is 2.02. The van der Waals surface area contributed by atoms with Crippen molar-refractivity contribution in [3.8, 4) is 0 Å². The van der Waals surface area contributed by atoms with E-state index in [-0.39, 0.29) is 0 Å². The summed E-state index contributed by atoms with van der Waals surface area (Å²) >= 11 is 0. The van der Waals surface area contributed by atoms with Crippen molar-refractivity contribution >= 4 is 11.0 Å². The van der Waals surface area contributed by atoms with E-state index in [2.05, 4.69) is 33.7 Å². The van der Waals surface area contributed by atoms with Crippen LogP contribution in [0.4, 0.5) is 0 Å². The highest BCUT2D eigenvalue weighted by Gasteiger charge is 2.07. The molecule has 2 aromatic heterocycles. The SMILES string of the molecule is CCNCc1nc2cnccc2n1CC. The molecule has 0 aliphatic rings. The molecule has 0 amide bonds. The molecule has 0 bridgehead atoms. The third-order valence-electron chi connectivity index (χ3n) is 2.48. The van der Waals surface area contributed by atoms with Crippen LogP contribution in [0.5, 0.6) is 0 Å². The zero-order chi connectivity index (χ0) is 10.7. The van der Waals surface area contributed by atoms with E-state index in [4.69, 9.17) is 0 Å². The van der Waals surface area contributed by atoms with Crippen molar-refractivity contribution in [3.63, 3.8) is 0 Å². The molecule has 2 aromatic rings. The summed E-state index contributed by atoms with van der Waals surface area (Å²) in [5, 5.41) is 3.30. The minimum atomic E-state index is 0.818. The van der Waals surface area contributed by atoms with Crippen molar-refractivity contribution in [3.05, 3.63) is 24.3 Å². The Morgan fingerprint density at radius 1 is 1.40 bits per heavy atom. The maximum atomic E-state index is 4.56. The predicted molar refractivity (Wildman–Crippen MR) is 60.6 cm³/mol. The molecule has 15 heavy (non-hydrogen) atoms. The van der Waals surface area contributed by atoms with Gasteiger partial charge >= 0.3 is 0 Å². The summed E-state index contributed by atoms with van der Waals surface area (Å²) in [7, 11) is 0. The topological polar surface area (TPSA) is 42.7 Å². The lowest BCUT2D eigenvalue weighted by Crippen LogP contribution is -2.16. The minimum absolute atomic E-state index is 0.818. The van der Waals surface area contributed by atoms with E-state index in [1.54, 1.807) is 0 Å². The van der Waals surface area contributed by atoms with E-state index in [1.807, 2.05) is 18.5 Å². The monoisotopic (exact) mass is 204 g/mol. The molecule has 0 aliphatic carbocycles. The van der Waals surface area contributed by atoms with Gasteiger partial charge in [-0.05, 0) is 19.5 Å². The summed E-state index contributed by atoms with van der Waals surface area (Å²) in [5.41, 5.74) is 2.15. The summed E-state index contributed by atoms with van der Waals surface area (Å²) in [5.74, 6) is 1.09. The molecule has 0 aliphatic heterocycles. The number of nitrogens with zero attached hydrogens (tertiary/aromatic N) is 3. The van der Waals surface area contributed by atoms with Gasteiger partial charge < -0.3 is 9.88 Å². The van der Waals surface area contributed by atoms with Crippen molar-refractivity contribution in [2.45, 2.75) is 26.9 Å². The Morgan fingerprint density at radius 3 is 3.00 bits per heavy atom. The number of nitrogens with one attached hydrogen (secondary N) is 1. The molecule has 1 N–H and O–H groups in total. The lowest BCUT2D eigenvalue weighted by atomic mass is 10.4. The second kappa shape index (κ2) is 4.40. The highest BCUT2D eigenvalue weighted by molar-refractivity contribution is 5.74. The molecule has 0 saturated heterocycles. The van der Waals surface area contributed by atoms with Gasteiger partial charge in [-0.25, -0.2) is 4.98 Å². The van der Waals surface area contributed by atoms with Crippen molar-refractivity contribution in [2.24, 2.45) is 0 Å². The average Bonchev–Trinajstić information content (AvgIpc) is 2.63. The van der Waals surface area contributed by atoms with Crippen LogP contribution in [0.2, 0.25) is 0 Å². The van der Waals surface area contributed by atoms with Gasteiger partial charge in [0.05, 0.1) is 18.3 Å². The first-order chi connectivity index (χ1) is 7.36. The number of imidazole rings is 1. The molecule has 2 heterocycles. The number of hydrogen-bond acceptors (Lipinski definition) is 3. The fourth-order valence-corrected chi connectivity index (χ4v) is 1.76. The first-order valence-electron chi connectivity index (χ1n) is 5.36. The molecule has 4 heteroatoms. The summed E-state index contributed by atoms with van der Waals surface area (Å²) < 4.78 is 2.22. The number of aryl methyl sites for hydroxylation is 1. The third kappa shape index (κ3) is 1.85. The zero-order valence-corrected chi connectivity index (χ0v) is 9.20. The maximum absolute atomic E-state index is 4.56. The van der Waals surface area contributed by atoms with Crippen molar-refractivity contribution in [1.82, 2.24) is 19.9 Å². The molecular formula is C11H16N4. The Bertz CT molecular complexity index is 447. The summed E-state index contributed by atoms with van der Waals surface area (Å²) in [4.78, 5) is 8.64. The highest BCUT2D eigenvalue weighted by Crippen LogP contribution is 2.14. The number of fused-ring (bicyclic) bond motifs is 1. The molecule has 0 unspecified atom stereocenters. The Hall–Kier alpha value is -1.42. The van der Waals surface area contributed by atoms with Crippen LogP contribution in [0.3, 0.4) is 0 Å². The van der Waals surface area contributed by atoms with Crippen molar-refractivity contribution < 1.29 is 0 Å². The van der Waals surface area contributed by atoms with Gasteiger partial charge in [-0.1, -0.05) is 6.92 Å². The molecule has 0 atom stereocenters. The van der Waals surface area contributed by atoms with E-state index < -0.39 is 0 Å². The van der Waals surface area contributed by atoms with Crippen LogP contribution in [0, 0.1) is 0 Å². The highest BCUT2D eigenvalue weighted by atomic mass is 15.1. The lowest BCUT2D eigenvalue weighted by molar-refractivity contribution is 0.638. The van der Waals surface area contributed by atoms with E-state index >= 15 is 0 Å². The maximum Gasteiger partial charge on any atom is 0.123 e. The second-order valence-electron chi connectivity index (χ2n) is 3.42. The second-order valence-corrected chi connectivity index (χ2v) is 3.42. The average molecular weight is 204 g/mol. The van der Waals surface area contributed by atoms with Crippen molar-refractivity contribution in [1.29, 1.82) is 0 Å². The Balaban J connectivity index is 2.44. The normalized spacial score (nSPS) is 11.1. The largest absolute Gasteiger partial charge is 0.327 e. The standard InChI is InChI=1S/C11H16N4/c1-3-12-8-11-14-9-7-13-6-5-10(9)15(11)4-2/h5-7,12H,3-4,8H2,1-2H3. The molecular weight excluding hydrogens is 188 g/mol. The van der Waals surface area contributed by atoms with Gasteiger partial charge in [0.25, 0.3) is 0 Å². The minimum Gasteiger partial charge on any atom is -0.327 e. The zero-order valence-electron chi connectivity index (χ0n) is 9.20. The third-order valence-corrected chi connectivity index (χ3v) is 2.48. The van der Waals surface area contributed by atoms with Crippen LogP contribution in [0.15, 0.2) is 18.5 Å². The molecule has 0 radical (unpaired) electrons. The quantitative estimate of drug-likeness (QED) is 0.822. The fraction of sp³-hybridized carbons (Fsp3) is 0.455. The van der Waals surface area contributed by atoms with Gasteiger partial charge in [-0.3, -0.25) is 4.98 Å². The van der Waals surface area contributed by atoms with Gasteiger partial charge in [0.15, 0.2) is 0 Å². The Morgan fingerprint density at radius 2 is 2.27 bits per heavy atom. The Kier molecular flexibility index (Phi) is 2.97. The Labute approximate surface area is 89.3 Å². The van der Waals surface area contributed by atoms with Crippen LogP contribution in [-0.2, 0) is 13.1 Å². The molecule has 0 spiro atoms. The first kappa shape index (κ1) is 10.1. The number of hydrogen-bond donors (Lipinski definition) is 1. The summed E-state index contributed by atoms with van der Waals surface area (Å²) in [6.45, 7) is 6.96.